The number of hydrogen-bond acceptors (Lipinski definition) is 5. The van der Waals surface area contributed by atoms with Crippen LogP contribution in [-0.2, 0) is 26.4 Å². The lowest BCUT2D eigenvalue weighted by molar-refractivity contribution is 0.125. The van der Waals surface area contributed by atoms with E-state index in [-0.39, 0.29) is 23.1 Å². The highest BCUT2D eigenvalue weighted by atomic mass is 32.2. The maximum absolute atomic E-state index is 13.4. The van der Waals surface area contributed by atoms with Crippen molar-refractivity contribution in [2.24, 2.45) is 0 Å². The molecule has 2 aromatic rings. The van der Waals surface area contributed by atoms with Gasteiger partial charge in [0.2, 0.25) is 10.0 Å². The summed E-state index contributed by atoms with van der Waals surface area (Å²) in [5, 5.41) is 10.3. The van der Waals surface area contributed by atoms with Gasteiger partial charge in [-0.2, -0.15) is 4.31 Å². The first kappa shape index (κ1) is 21.0. The smallest absolute Gasteiger partial charge is 0.243 e. The van der Waals surface area contributed by atoms with Crippen LogP contribution in [0.1, 0.15) is 30.9 Å². The number of hydrogen-bond donors (Lipinski definition) is 1. The molecule has 0 saturated carbocycles. The Morgan fingerprint density at radius 1 is 1.04 bits per heavy atom. The second-order valence-electron chi connectivity index (χ2n) is 7.47. The number of sulfonamides is 1. The van der Waals surface area contributed by atoms with Crippen LogP contribution in [0.3, 0.4) is 0 Å². The molecule has 0 radical (unpaired) electrons. The monoisotopic (exact) mass is 423 g/mol. The minimum atomic E-state index is -4.00. The molecule has 1 aliphatic rings. The average molecular weight is 424 g/mol. The predicted molar refractivity (Wildman–Crippen MR) is 108 cm³/mol. The molecule has 0 bridgehead atoms. The molecular formula is C20H25NO5S2. The molecule has 0 amide bonds. The SMILES string of the molecule is CC(C)c1ccc(S(=O)(=O)N(Cc2ccccc2)[C@H]2CS(=O)(=O)C[C@H]2O)cc1. The molecule has 1 saturated heterocycles. The molecular weight excluding hydrogens is 398 g/mol. The van der Waals surface area contributed by atoms with Crippen molar-refractivity contribution in [1.82, 2.24) is 4.31 Å². The highest BCUT2D eigenvalue weighted by Crippen LogP contribution is 2.28. The Kier molecular flexibility index (Phi) is 5.95. The Labute approximate surface area is 166 Å². The summed E-state index contributed by atoms with van der Waals surface area (Å²) in [6, 6.07) is 14.6. The molecule has 2 atom stereocenters. The fourth-order valence-corrected chi connectivity index (χ4v) is 6.93. The van der Waals surface area contributed by atoms with E-state index in [2.05, 4.69) is 0 Å². The van der Waals surface area contributed by atoms with Crippen molar-refractivity contribution in [2.45, 2.75) is 43.4 Å². The van der Waals surface area contributed by atoms with Gasteiger partial charge in [-0.05, 0) is 29.2 Å². The van der Waals surface area contributed by atoms with E-state index < -0.39 is 37.8 Å². The van der Waals surface area contributed by atoms with Crippen LogP contribution in [-0.4, -0.2) is 49.9 Å². The molecule has 6 nitrogen and oxygen atoms in total. The van der Waals surface area contributed by atoms with Crippen LogP contribution in [0.5, 0.6) is 0 Å². The Bertz CT molecular complexity index is 1020. The second-order valence-corrected chi connectivity index (χ2v) is 11.5. The van der Waals surface area contributed by atoms with Gasteiger partial charge in [0.25, 0.3) is 0 Å². The van der Waals surface area contributed by atoms with Gasteiger partial charge in [-0.1, -0.05) is 56.3 Å². The largest absolute Gasteiger partial charge is 0.390 e. The number of nitrogens with zero attached hydrogens (tertiary/aromatic N) is 1. The summed E-state index contributed by atoms with van der Waals surface area (Å²) >= 11 is 0. The maximum atomic E-state index is 13.4. The molecule has 2 aromatic carbocycles. The Balaban J connectivity index is 2.02. The van der Waals surface area contributed by atoms with Crippen molar-refractivity contribution in [3.05, 3.63) is 65.7 Å². The molecule has 0 unspecified atom stereocenters. The molecule has 8 heteroatoms. The second kappa shape index (κ2) is 7.94. The third kappa shape index (κ3) is 4.46. The molecule has 0 aromatic heterocycles. The van der Waals surface area contributed by atoms with Crippen LogP contribution >= 0.6 is 0 Å². The molecule has 1 N–H and O–H groups in total. The van der Waals surface area contributed by atoms with Crippen molar-refractivity contribution in [3.63, 3.8) is 0 Å². The summed E-state index contributed by atoms with van der Waals surface area (Å²) in [6.07, 6.45) is -1.25. The van der Waals surface area contributed by atoms with Gasteiger partial charge in [-0.15, -0.1) is 0 Å². The van der Waals surface area contributed by atoms with E-state index in [4.69, 9.17) is 0 Å². The van der Waals surface area contributed by atoms with E-state index in [1.807, 2.05) is 19.9 Å². The van der Waals surface area contributed by atoms with Gasteiger partial charge < -0.3 is 5.11 Å². The van der Waals surface area contributed by atoms with E-state index in [1.54, 1.807) is 48.5 Å². The highest BCUT2D eigenvalue weighted by Gasteiger charge is 2.44. The van der Waals surface area contributed by atoms with Crippen LogP contribution in [0.25, 0.3) is 0 Å². The molecule has 3 rings (SSSR count). The minimum absolute atomic E-state index is 0.00759. The molecule has 28 heavy (non-hydrogen) atoms. The van der Waals surface area contributed by atoms with Gasteiger partial charge in [-0.3, -0.25) is 0 Å². The van der Waals surface area contributed by atoms with E-state index in [0.29, 0.717) is 0 Å². The molecule has 1 aliphatic heterocycles. The summed E-state index contributed by atoms with van der Waals surface area (Å²) < 4.78 is 51.9. The van der Waals surface area contributed by atoms with Crippen LogP contribution in [0.2, 0.25) is 0 Å². The molecule has 1 heterocycles. The highest BCUT2D eigenvalue weighted by molar-refractivity contribution is 7.92. The molecule has 0 aliphatic carbocycles. The fraction of sp³-hybridized carbons (Fsp3) is 0.400. The van der Waals surface area contributed by atoms with Crippen molar-refractivity contribution >= 4 is 19.9 Å². The number of rotatable bonds is 6. The van der Waals surface area contributed by atoms with Gasteiger partial charge in [0.15, 0.2) is 9.84 Å². The van der Waals surface area contributed by atoms with Gasteiger partial charge in [-0.25, -0.2) is 16.8 Å². The first-order valence-corrected chi connectivity index (χ1v) is 12.4. The third-order valence-corrected chi connectivity index (χ3v) is 8.58. The number of aliphatic hydroxyl groups excluding tert-OH is 1. The molecule has 152 valence electrons. The zero-order valence-corrected chi connectivity index (χ0v) is 17.5. The summed E-state index contributed by atoms with van der Waals surface area (Å²) in [5.74, 6) is -0.548. The number of benzene rings is 2. The lowest BCUT2D eigenvalue weighted by Gasteiger charge is -2.29. The Morgan fingerprint density at radius 2 is 1.64 bits per heavy atom. The van der Waals surface area contributed by atoms with Crippen LogP contribution in [0, 0.1) is 0 Å². The van der Waals surface area contributed by atoms with Crippen molar-refractivity contribution in [2.75, 3.05) is 11.5 Å². The summed E-state index contributed by atoms with van der Waals surface area (Å²) in [5.41, 5.74) is 1.73. The number of aliphatic hydroxyl groups is 1. The van der Waals surface area contributed by atoms with Crippen molar-refractivity contribution in [1.29, 1.82) is 0 Å². The van der Waals surface area contributed by atoms with Gasteiger partial charge in [0, 0.05) is 6.54 Å². The van der Waals surface area contributed by atoms with E-state index in [9.17, 15) is 21.9 Å². The van der Waals surface area contributed by atoms with Gasteiger partial charge >= 0.3 is 0 Å². The lowest BCUT2D eigenvalue weighted by atomic mass is 10.0. The maximum Gasteiger partial charge on any atom is 0.243 e. The van der Waals surface area contributed by atoms with Gasteiger partial charge in [0.1, 0.15) is 0 Å². The van der Waals surface area contributed by atoms with Crippen molar-refractivity contribution in [3.8, 4) is 0 Å². The molecule has 0 spiro atoms. The topological polar surface area (TPSA) is 91.8 Å². The average Bonchev–Trinajstić information content (AvgIpc) is 2.92. The minimum Gasteiger partial charge on any atom is -0.390 e. The zero-order chi connectivity index (χ0) is 20.5. The van der Waals surface area contributed by atoms with Crippen LogP contribution in [0.4, 0.5) is 0 Å². The van der Waals surface area contributed by atoms with E-state index in [1.165, 1.54) is 0 Å². The number of sulfone groups is 1. The summed E-state index contributed by atoms with van der Waals surface area (Å²) in [6.45, 7) is 4.03. The summed E-state index contributed by atoms with van der Waals surface area (Å²) in [4.78, 5) is 0.0873. The lowest BCUT2D eigenvalue weighted by Crippen LogP contribution is -2.46. The van der Waals surface area contributed by atoms with Crippen LogP contribution < -0.4 is 0 Å². The fourth-order valence-electron chi connectivity index (χ4n) is 3.39. The molecule has 1 fully saturated rings. The first-order chi connectivity index (χ1) is 13.1. The van der Waals surface area contributed by atoms with Crippen LogP contribution in [0.15, 0.2) is 59.5 Å². The Hall–Kier alpha value is -1.74. The first-order valence-electron chi connectivity index (χ1n) is 9.14. The quantitative estimate of drug-likeness (QED) is 0.769. The van der Waals surface area contributed by atoms with Crippen molar-refractivity contribution < 1.29 is 21.9 Å². The Morgan fingerprint density at radius 3 is 2.14 bits per heavy atom. The van der Waals surface area contributed by atoms with Gasteiger partial charge in [0.05, 0.1) is 28.5 Å². The summed E-state index contributed by atoms with van der Waals surface area (Å²) in [7, 11) is -7.50. The zero-order valence-electron chi connectivity index (χ0n) is 15.9. The third-order valence-electron chi connectivity index (χ3n) is 5.00. The van der Waals surface area contributed by atoms with E-state index in [0.717, 1.165) is 15.4 Å². The normalized spacial score (nSPS) is 22.0. The van der Waals surface area contributed by atoms with E-state index >= 15 is 0 Å². The predicted octanol–water partition coefficient (Wildman–Crippen LogP) is 2.16. The standard InChI is InChI=1S/C20H25NO5S2/c1-15(2)17-8-10-18(11-9-17)28(25,26)21(12-16-6-4-3-5-7-16)19-13-27(23,24)14-20(19)22/h3-11,15,19-20,22H,12-14H2,1-2H3/t19-,20+/m0/s1.